The maximum atomic E-state index is 12.1. The highest BCUT2D eigenvalue weighted by Crippen LogP contribution is 2.09. The summed E-state index contributed by atoms with van der Waals surface area (Å²) in [5.41, 5.74) is 1.32. The number of nitrogens with one attached hydrogen (secondary N) is 1. The van der Waals surface area contributed by atoms with Crippen LogP contribution in [0.2, 0.25) is 0 Å². The number of ether oxygens (including phenoxy) is 1. The summed E-state index contributed by atoms with van der Waals surface area (Å²) in [6, 6.07) is 3.15. The number of aliphatic hydroxyl groups is 1. The van der Waals surface area contributed by atoms with E-state index >= 15 is 0 Å². The molecule has 1 fully saturated rings. The van der Waals surface area contributed by atoms with Gasteiger partial charge in [-0.2, -0.15) is 0 Å². The molecule has 2 N–H and O–H groups in total. The molecule has 19 heavy (non-hydrogen) atoms. The van der Waals surface area contributed by atoms with Gasteiger partial charge in [0.05, 0.1) is 24.3 Å². The molecule has 1 saturated heterocycles. The average molecular weight is 261 g/mol. The molecule has 0 saturated carbocycles. The molecule has 0 radical (unpaired) electrons. The van der Waals surface area contributed by atoms with Crippen LogP contribution in [0.3, 0.4) is 0 Å². The molecule has 0 spiro atoms. The summed E-state index contributed by atoms with van der Waals surface area (Å²) in [6.07, 6.45) is 5.18. The second-order valence-electron chi connectivity index (χ2n) is 4.62. The van der Waals surface area contributed by atoms with Gasteiger partial charge >= 0.3 is 0 Å². The van der Waals surface area contributed by atoms with Crippen molar-refractivity contribution < 1.29 is 14.6 Å². The molecule has 6 heteroatoms. The molecule has 1 aliphatic rings. The first-order chi connectivity index (χ1) is 9.24. The summed E-state index contributed by atoms with van der Waals surface area (Å²) < 4.78 is 7.04. The van der Waals surface area contributed by atoms with Crippen molar-refractivity contribution in [3.05, 3.63) is 36.3 Å². The quantitative estimate of drug-likeness (QED) is 0.810. The van der Waals surface area contributed by atoms with E-state index in [1.54, 1.807) is 35.1 Å². The molecule has 2 aromatic heterocycles. The summed E-state index contributed by atoms with van der Waals surface area (Å²) in [4.78, 5) is 16.2. The van der Waals surface area contributed by atoms with E-state index < -0.39 is 6.10 Å². The molecule has 1 aliphatic heterocycles. The molecule has 3 rings (SSSR count). The van der Waals surface area contributed by atoms with Crippen LogP contribution in [0.15, 0.2) is 30.7 Å². The normalized spacial score (nSPS) is 23.4. The largest absolute Gasteiger partial charge is 0.391 e. The van der Waals surface area contributed by atoms with Crippen LogP contribution in [0.25, 0.3) is 5.65 Å². The lowest BCUT2D eigenvalue weighted by atomic mass is 10.1. The van der Waals surface area contributed by atoms with Crippen molar-refractivity contribution >= 4 is 11.6 Å². The second kappa shape index (κ2) is 4.99. The first kappa shape index (κ1) is 12.1. The summed E-state index contributed by atoms with van der Waals surface area (Å²) in [5.74, 6) is -0.217. The van der Waals surface area contributed by atoms with E-state index in [-0.39, 0.29) is 11.9 Å². The smallest absolute Gasteiger partial charge is 0.253 e. The second-order valence-corrected chi connectivity index (χ2v) is 4.62. The van der Waals surface area contributed by atoms with Crippen LogP contribution in [-0.4, -0.2) is 45.8 Å². The SMILES string of the molecule is O=C(N[C@@H]1COCC[C@H]1O)c1ccc2nccn2c1. The minimum atomic E-state index is -0.547. The van der Waals surface area contributed by atoms with Gasteiger partial charge in [0.25, 0.3) is 5.91 Å². The lowest BCUT2D eigenvalue weighted by Gasteiger charge is -2.28. The number of carbonyl (C=O) groups excluding carboxylic acids is 1. The maximum Gasteiger partial charge on any atom is 0.253 e. The number of rotatable bonds is 2. The van der Waals surface area contributed by atoms with Crippen molar-refractivity contribution in [2.75, 3.05) is 13.2 Å². The van der Waals surface area contributed by atoms with Gasteiger partial charge in [-0.15, -0.1) is 0 Å². The van der Waals surface area contributed by atoms with Crippen LogP contribution in [-0.2, 0) is 4.74 Å². The first-order valence-corrected chi connectivity index (χ1v) is 6.23. The number of fused-ring (bicyclic) bond motifs is 1. The molecule has 0 bridgehead atoms. The Labute approximate surface area is 110 Å². The summed E-state index contributed by atoms with van der Waals surface area (Å²) in [5, 5.41) is 12.6. The van der Waals surface area contributed by atoms with E-state index in [1.165, 1.54) is 0 Å². The van der Waals surface area contributed by atoms with Crippen molar-refractivity contribution in [1.29, 1.82) is 0 Å². The van der Waals surface area contributed by atoms with Gasteiger partial charge in [0.2, 0.25) is 0 Å². The van der Waals surface area contributed by atoms with E-state index in [2.05, 4.69) is 10.3 Å². The predicted molar refractivity (Wildman–Crippen MR) is 67.9 cm³/mol. The number of hydrogen-bond donors (Lipinski definition) is 2. The Kier molecular flexibility index (Phi) is 3.18. The van der Waals surface area contributed by atoms with E-state index in [1.807, 2.05) is 0 Å². The highest BCUT2D eigenvalue weighted by atomic mass is 16.5. The lowest BCUT2D eigenvalue weighted by Crippen LogP contribution is -2.49. The van der Waals surface area contributed by atoms with Crippen LogP contribution in [0.4, 0.5) is 0 Å². The Balaban J connectivity index is 1.75. The highest BCUT2D eigenvalue weighted by molar-refractivity contribution is 5.94. The molecule has 0 unspecified atom stereocenters. The van der Waals surface area contributed by atoms with Gasteiger partial charge < -0.3 is 19.6 Å². The highest BCUT2D eigenvalue weighted by Gasteiger charge is 2.25. The molecule has 2 aromatic rings. The number of amides is 1. The van der Waals surface area contributed by atoms with E-state index in [9.17, 15) is 9.90 Å². The van der Waals surface area contributed by atoms with Gasteiger partial charge in [0, 0.05) is 25.2 Å². The standard InChI is InChI=1S/C13H15N3O3/c17-11-3-6-19-8-10(11)15-13(18)9-1-2-12-14-4-5-16(12)7-9/h1-2,4-5,7,10-11,17H,3,6,8H2,(H,15,18)/t10-,11-/m1/s1. The van der Waals surface area contributed by atoms with Gasteiger partial charge in [-0.05, 0) is 18.6 Å². The van der Waals surface area contributed by atoms with Crippen molar-refractivity contribution in [3.63, 3.8) is 0 Å². The number of aromatic nitrogens is 2. The minimum Gasteiger partial charge on any atom is -0.391 e. The van der Waals surface area contributed by atoms with Crippen LogP contribution in [0.1, 0.15) is 16.8 Å². The Bertz CT molecular complexity index is 596. The number of aliphatic hydroxyl groups excluding tert-OH is 1. The number of nitrogens with zero attached hydrogens (tertiary/aromatic N) is 2. The van der Waals surface area contributed by atoms with Crippen LogP contribution < -0.4 is 5.32 Å². The van der Waals surface area contributed by atoms with Crippen molar-refractivity contribution in [2.24, 2.45) is 0 Å². The molecule has 6 nitrogen and oxygen atoms in total. The summed E-state index contributed by atoms with van der Waals surface area (Å²) >= 11 is 0. The first-order valence-electron chi connectivity index (χ1n) is 6.23. The third-order valence-electron chi connectivity index (χ3n) is 3.29. The molecular formula is C13H15N3O3. The van der Waals surface area contributed by atoms with Gasteiger partial charge in [-0.3, -0.25) is 4.79 Å². The molecular weight excluding hydrogens is 246 g/mol. The van der Waals surface area contributed by atoms with Gasteiger partial charge in [0.15, 0.2) is 0 Å². The zero-order valence-corrected chi connectivity index (χ0v) is 10.3. The van der Waals surface area contributed by atoms with Crippen LogP contribution >= 0.6 is 0 Å². The van der Waals surface area contributed by atoms with Gasteiger partial charge in [-0.25, -0.2) is 4.98 Å². The Hall–Kier alpha value is -1.92. The maximum absolute atomic E-state index is 12.1. The van der Waals surface area contributed by atoms with E-state index in [0.717, 1.165) is 5.65 Å². The molecule has 3 heterocycles. The summed E-state index contributed by atoms with van der Waals surface area (Å²) in [6.45, 7) is 0.884. The Morgan fingerprint density at radius 2 is 2.42 bits per heavy atom. The van der Waals surface area contributed by atoms with Crippen LogP contribution in [0, 0.1) is 0 Å². The van der Waals surface area contributed by atoms with Gasteiger partial charge in [0.1, 0.15) is 5.65 Å². The molecule has 100 valence electrons. The minimum absolute atomic E-state index is 0.217. The van der Waals surface area contributed by atoms with Crippen molar-refractivity contribution in [1.82, 2.24) is 14.7 Å². The van der Waals surface area contributed by atoms with Crippen molar-refractivity contribution in [3.8, 4) is 0 Å². The number of hydrogen-bond acceptors (Lipinski definition) is 4. The number of pyridine rings is 1. The molecule has 0 aliphatic carbocycles. The fourth-order valence-corrected chi connectivity index (χ4v) is 2.17. The Morgan fingerprint density at radius 3 is 3.26 bits per heavy atom. The Morgan fingerprint density at radius 1 is 1.53 bits per heavy atom. The number of carbonyl (C=O) groups is 1. The topological polar surface area (TPSA) is 75.9 Å². The average Bonchev–Trinajstić information content (AvgIpc) is 2.88. The number of imidazole rings is 1. The van der Waals surface area contributed by atoms with Crippen molar-refractivity contribution in [2.45, 2.75) is 18.6 Å². The van der Waals surface area contributed by atoms with E-state index in [4.69, 9.17) is 4.74 Å². The van der Waals surface area contributed by atoms with Crippen LogP contribution in [0.5, 0.6) is 0 Å². The summed E-state index contributed by atoms with van der Waals surface area (Å²) in [7, 11) is 0. The van der Waals surface area contributed by atoms with Gasteiger partial charge in [-0.1, -0.05) is 0 Å². The monoisotopic (exact) mass is 261 g/mol. The fraction of sp³-hybridized carbons (Fsp3) is 0.385. The third-order valence-corrected chi connectivity index (χ3v) is 3.29. The van der Waals surface area contributed by atoms with E-state index in [0.29, 0.717) is 25.2 Å². The lowest BCUT2D eigenvalue weighted by molar-refractivity contribution is -0.0140. The molecule has 0 aromatic carbocycles. The fourth-order valence-electron chi connectivity index (χ4n) is 2.17. The molecule has 2 atom stereocenters. The predicted octanol–water partition coefficient (Wildman–Crippen LogP) is 0.214. The third kappa shape index (κ3) is 2.45. The zero-order valence-electron chi connectivity index (χ0n) is 10.3. The molecule has 1 amide bonds. The zero-order chi connectivity index (χ0) is 13.2.